The number of para-hydroxylation sites is 1. The Labute approximate surface area is 123 Å². The van der Waals surface area contributed by atoms with E-state index in [-0.39, 0.29) is 5.56 Å². The van der Waals surface area contributed by atoms with Gasteiger partial charge in [0, 0.05) is 23.1 Å². The maximum atomic E-state index is 11.1. The van der Waals surface area contributed by atoms with Crippen molar-refractivity contribution in [1.29, 1.82) is 0 Å². The van der Waals surface area contributed by atoms with Gasteiger partial charge in [-0.3, -0.25) is 0 Å². The lowest BCUT2D eigenvalue weighted by atomic mass is 9.95. The lowest BCUT2D eigenvalue weighted by Gasteiger charge is -2.37. The van der Waals surface area contributed by atoms with E-state index in [0.717, 1.165) is 18.5 Å². The Hall–Kier alpha value is -2.49. The summed E-state index contributed by atoms with van der Waals surface area (Å²) in [4.78, 5) is 13.3. The summed E-state index contributed by atoms with van der Waals surface area (Å²) in [7, 11) is 0. The number of aryl methyl sites for hydroxylation is 1. The van der Waals surface area contributed by atoms with Crippen molar-refractivity contribution >= 4 is 23.0 Å². The van der Waals surface area contributed by atoms with Crippen molar-refractivity contribution in [2.45, 2.75) is 25.8 Å². The number of benzene rings is 2. The number of carboxylic acids is 1. The second kappa shape index (κ2) is 5.13. The lowest BCUT2D eigenvalue weighted by Crippen LogP contribution is -2.33. The molecule has 2 aromatic rings. The van der Waals surface area contributed by atoms with Crippen molar-refractivity contribution < 1.29 is 9.90 Å². The molecule has 21 heavy (non-hydrogen) atoms. The SMILES string of the molecule is CC1CCc2ccccc2N1c1ccc(C(=O)O)c(N)c1. The van der Waals surface area contributed by atoms with E-state index in [1.807, 2.05) is 12.1 Å². The Bertz CT molecular complexity index is 697. The average molecular weight is 282 g/mol. The first-order valence-corrected chi connectivity index (χ1v) is 7.08. The number of nitrogens with zero attached hydrogens (tertiary/aromatic N) is 1. The summed E-state index contributed by atoms with van der Waals surface area (Å²) < 4.78 is 0. The highest BCUT2D eigenvalue weighted by molar-refractivity contribution is 5.94. The molecule has 0 spiro atoms. The molecule has 0 saturated heterocycles. The molecule has 0 saturated carbocycles. The van der Waals surface area contributed by atoms with Crippen LogP contribution in [-0.2, 0) is 6.42 Å². The smallest absolute Gasteiger partial charge is 0.337 e. The Morgan fingerprint density at radius 1 is 1.29 bits per heavy atom. The summed E-state index contributed by atoms with van der Waals surface area (Å²) in [6, 6.07) is 13.8. The van der Waals surface area contributed by atoms with Gasteiger partial charge in [0.25, 0.3) is 0 Å². The minimum absolute atomic E-state index is 0.150. The number of anilines is 3. The number of hydrogen-bond acceptors (Lipinski definition) is 3. The van der Waals surface area contributed by atoms with Crippen LogP contribution in [0.4, 0.5) is 17.1 Å². The molecule has 4 nitrogen and oxygen atoms in total. The van der Waals surface area contributed by atoms with Crippen molar-refractivity contribution in [3.05, 3.63) is 53.6 Å². The second-order valence-electron chi connectivity index (χ2n) is 5.46. The van der Waals surface area contributed by atoms with Gasteiger partial charge in [-0.1, -0.05) is 18.2 Å². The standard InChI is InChI=1S/C17H18N2O2/c1-11-6-7-12-4-2-3-5-16(12)19(11)13-8-9-14(17(20)21)15(18)10-13/h2-5,8-11H,6-7,18H2,1H3,(H,20,21). The van der Waals surface area contributed by atoms with E-state index in [9.17, 15) is 4.79 Å². The fourth-order valence-electron chi connectivity index (χ4n) is 2.98. The predicted octanol–water partition coefficient (Wildman–Crippen LogP) is 3.44. The van der Waals surface area contributed by atoms with Gasteiger partial charge in [-0.05, 0) is 49.6 Å². The third kappa shape index (κ3) is 2.33. The van der Waals surface area contributed by atoms with Crippen LogP contribution in [0.15, 0.2) is 42.5 Å². The maximum Gasteiger partial charge on any atom is 0.337 e. The summed E-state index contributed by atoms with van der Waals surface area (Å²) in [6.45, 7) is 2.18. The summed E-state index contributed by atoms with van der Waals surface area (Å²) in [6.07, 6.45) is 2.13. The monoisotopic (exact) mass is 282 g/mol. The predicted molar refractivity (Wildman–Crippen MR) is 84.2 cm³/mol. The summed E-state index contributed by atoms with van der Waals surface area (Å²) in [5, 5.41) is 9.08. The van der Waals surface area contributed by atoms with Crippen LogP contribution in [0.1, 0.15) is 29.3 Å². The Balaban J connectivity index is 2.07. The molecule has 3 rings (SSSR count). The van der Waals surface area contributed by atoms with E-state index in [1.165, 1.54) is 11.3 Å². The minimum Gasteiger partial charge on any atom is -0.478 e. The molecule has 0 amide bonds. The third-order valence-electron chi connectivity index (χ3n) is 4.07. The van der Waals surface area contributed by atoms with Gasteiger partial charge in [-0.2, -0.15) is 0 Å². The number of rotatable bonds is 2. The van der Waals surface area contributed by atoms with Gasteiger partial charge < -0.3 is 15.7 Å². The molecule has 108 valence electrons. The summed E-state index contributed by atoms with van der Waals surface area (Å²) in [5.74, 6) is -0.994. The van der Waals surface area contributed by atoms with Crippen LogP contribution in [0.3, 0.4) is 0 Å². The molecule has 1 aliphatic heterocycles. The van der Waals surface area contributed by atoms with Gasteiger partial charge in [-0.25, -0.2) is 4.79 Å². The lowest BCUT2D eigenvalue weighted by molar-refractivity contribution is 0.0698. The number of carboxylic acid groups (broad SMARTS) is 1. The molecular formula is C17H18N2O2. The Morgan fingerprint density at radius 3 is 2.76 bits per heavy atom. The molecule has 2 aromatic carbocycles. The molecule has 1 heterocycles. The van der Waals surface area contributed by atoms with E-state index in [1.54, 1.807) is 12.1 Å². The average Bonchev–Trinajstić information content (AvgIpc) is 2.46. The van der Waals surface area contributed by atoms with Crippen LogP contribution in [-0.4, -0.2) is 17.1 Å². The third-order valence-corrected chi connectivity index (χ3v) is 4.07. The summed E-state index contributed by atoms with van der Waals surface area (Å²) in [5.41, 5.74) is 9.78. The van der Waals surface area contributed by atoms with Gasteiger partial charge in [0.15, 0.2) is 0 Å². The fraction of sp³-hybridized carbons (Fsp3) is 0.235. The highest BCUT2D eigenvalue weighted by Gasteiger charge is 2.24. The maximum absolute atomic E-state index is 11.1. The molecule has 1 unspecified atom stereocenters. The Kier molecular flexibility index (Phi) is 3.29. The minimum atomic E-state index is -0.994. The molecule has 0 aromatic heterocycles. The van der Waals surface area contributed by atoms with E-state index in [4.69, 9.17) is 10.8 Å². The van der Waals surface area contributed by atoms with E-state index in [0.29, 0.717) is 11.7 Å². The number of fused-ring (bicyclic) bond motifs is 1. The highest BCUT2D eigenvalue weighted by Crippen LogP contribution is 2.37. The zero-order valence-corrected chi connectivity index (χ0v) is 11.9. The van der Waals surface area contributed by atoms with Crippen LogP contribution in [0.5, 0.6) is 0 Å². The zero-order valence-electron chi connectivity index (χ0n) is 11.9. The van der Waals surface area contributed by atoms with Crippen LogP contribution in [0.25, 0.3) is 0 Å². The van der Waals surface area contributed by atoms with Crippen molar-refractivity contribution in [1.82, 2.24) is 0 Å². The first-order chi connectivity index (χ1) is 10.1. The van der Waals surface area contributed by atoms with E-state index < -0.39 is 5.97 Å². The molecule has 3 N–H and O–H groups in total. The largest absolute Gasteiger partial charge is 0.478 e. The summed E-state index contributed by atoms with van der Waals surface area (Å²) >= 11 is 0. The van der Waals surface area contributed by atoms with Gasteiger partial charge in [-0.15, -0.1) is 0 Å². The molecule has 0 fully saturated rings. The molecule has 0 radical (unpaired) electrons. The normalized spacial score (nSPS) is 17.4. The topological polar surface area (TPSA) is 66.6 Å². The van der Waals surface area contributed by atoms with Crippen LogP contribution in [0.2, 0.25) is 0 Å². The van der Waals surface area contributed by atoms with Gasteiger partial charge >= 0.3 is 5.97 Å². The van der Waals surface area contributed by atoms with Crippen molar-refractivity contribution in [2.24, 2.45) is 0 Å². The van der Waals surface area contributed by atoms with E-state index in [2.05, 4.69) is 30.0 Å². The van der Waals surface area contributed by atoms with Crippen molar-refractivity contribution in [3.63, 3.8) is 0 Å². The zero-order chi connectivity index (χ0) is 15.0. The van der Waals surface area contributed by atoms with Crippen LogP contribution in [0, 0.1) is 0 Å². The molecule has 0 aliphatic carbocycles. The molecule has 0 bridgehead atoms. The van der Waals surface area contributed by atoms with Gasteiger partial charge in [0.2, 0.25) is 0 Å². The number of aromatic carboxylic acids is 1. The molecule has 1 atom stereocenters. The number of nitrogens with two attached hydrogens (primary N) is 1. The van der Waals surface area contributed by atoms with Crippen molar-refractivity contribution in [3.8, 4) is 0 Å². The second-order valence-corrected chi connectivity index (χ2v) is 5.46. The number of hydrogen-bond donors (Lipinski definition) is 2. The van der Waals surface area contributed by atoms with E-state index >= 15 is 0 Å². The van der Waals surface area contributed by atoms with Gasteiger partial charge in [0.05, 0.1) is 5.56 Å². The Morgan fingerprint density at radius 2 is 2.05 bits per heavy atom. The quantitative estimate of drug-likeness (QED) is 0.828. The highest BCUT2D eigenvalue weighted by atomic mass is 16.4. The number of carbonyl (C=O) groups is 1. The first-order valence-electron chi connectivity index (χ1n) is 7.08. The number of nitrogen functional groups attached to an aromatic ring is 1. The van der Waals surface area contributed by atoms with Gasteiger partial charge in [0.1, 0.15) is 0 Å². The molecular weight excluding hydrogens is 264 g/mol. The first kappa shape index (κ1) is 13.5. The van der Waals surface area contributed by atoms with Crippen LogP contribution < -0.4 is 10.6 Å². The fourth-order valence-corrected chi connectivity index (χ4v) is 2.98. The molecule has 4 heteroatoms. The molecule has 1 aliphatic rings. The van der Waals surface area contributed by atoms with Crippen molar-refractivity contribution in [2.75, 3.05) is 10.6 Å². The van der Waals surface area contributed by atoms with Crippen LogP contribution >= 0.6 is 0 Å².